The largest absolute Gasteiger partial charge is 0.465 e. The lowest BCUT2D eigenvalue weighted by atomic mass is 10.2. The summed E-state index contributed by atoms with van der Waals surface area (Å²) in [5, 5.41) is 0. The zero-order chi connectivity index (χ0) is 8.69. The van der Waals surface area contributed by atoms with E-state index < -0.39 is 12.0 Å². The van der Waals surface area contributed by atoms with Crippen LogP contribution in [0.1, 0.15) is 19.8 Å². The van der Waals surface area contributed by atoms with Crippen LogP contribution in [0.3, 0.4) is 0 Å². The van der Waals surface area contributed by atoms with E-state index in [0.717, 1.165) is 6.29 Å². The first-order chi connectivity index (χ1) is 5.22. The van der Waals surface area contributed by atoms with Crippen LogP contribution in [0, 0.1) is 0 Å². The van der Waals surface area contributed by atoms with Crippen LogP contribution in [0.25, 0.3) is 0 Å². The monoisotopic (exact) mass is 159 g/mol. The van der Waals surface area contributed by atoms with Crippen LogP contribution < -0.4 is 5.73 Å². The van der Waals surface area contributed by atoms with E-state index in [-0.39, 0.29) is 0 Å². The second-order valence-electron chi connectivity index (χ2n) is 2.10. The quantitative estimate of drug-likeness (QED) is 0.447. The van der Waals surface area contributed by atoms with Crippen molar-refractivity contribution in [3.63, 3.8) is 0 Å². The molecule has 0 amide bonds. The maximum absolute atomic E-state index is 10.8. The number of carbonyl (C=O) groups excluding carboxylic acids is 2. The molecule has 64 valence electrons. The molecule has 0 saturated heterocycles. The van der Waals surface area contributed by atoms with Crippen LogP contribution in [0.4, 0.5) is 0 Å². The Morgan fingerprint density at radius 3 is 2.82 bits per heavy atom. The molecular weight excluding hydrogens is 146 g/mol. The third-order valence-corrected chi connectivity index (χ3v) is 1.18. The van der Waals surface area contributed by atoms with Gasteiger partial charge in [0, 0.05) is 6.42 Å². The first kappa shape index (κ1) is 10.1. The van der Waals surface area contributed by atoms with E-state index >= 15 is 0 Å². The highest BCUT2D eigenvalue weighted by Crippen LogP contribution is 1.94. The van der Waals surface area contributed by atoms with Gasteiger partial charge in [-0.2, -0.15) is 0 Å². The highest BCUT2D eigenvalue weighted by molar-refractivity contribution is 5.75. The second kappa shape index (κ2) is 5.85. The molecule has 1 unspecified atom stereocenters. The lowest BCUT2D eigenvalue weighted by molar-refractivity contribution is -0.144. The topological polar surface area (TPSA) is 69.4 Å². The molecule has 0 radical (unpaired) electrons. The van der Waals surface area contributed by atoms with Crippen molar-refractivity contribution in [1.29, 1.82) is 0 Å². The summed E-state index contributed by atoms with van der Waals surface area (Å²) in [6.45, 7) is 2.04. The number of hydrogen-bond acceptors (Lipinski definition) is 4. The minimum Gasteiger partial charge on any atom is -0.465 e. The van der Waals surface area contributed by atoms with Crippen molar-refractivity contribution in [1.82, 2.24) is 0 Å². The van der Waals surface area contributed by atoms with Gasteiger partial charge >= 0.3 is 5.97 Å². The molecule has 0 aliphatic heterocycles. The highest BCUT2D eigenvalue weighted by Gasteiger charge is 2.12. The van der Waals surface area contributed by atoms with Gasteiger partial charge in [0.05, 0.1) is 6.61 Å². The van der Waals surface area contributed by atoms with Gasteiger partial charge in [-0.25, -0.2) is 0 Å². The van der Waals surface area contributed by atoms with E-state index in [0.29, 0.717) is 19.4 Å². The summed E-state index contributed by atoms with van der Waals surface area (Å²) in [7, 11) is 0. The maximum Gasteiger partial charge on any atom is 0.322 e. The third kappa shape index (κ3) is 4.50. The van der Waals surface area contributed by atoms with E-state index in [4.69, 9.17) is 5.73 Å². The van der Waals surface area contributed by atoms with Gasteiger partial charge in [0.15, 0.2) is 0 Å². The Morgan fingerprint density at radius 2 is 2.36 bits per heavy atom. The standard InChI is InChI=1S/C7H13NO3/c1-2-11-7(10)6(8)4-3-5-9/h5-6H,2-4,8H2,1H3. The average Bonchev–Trinajstić information content (AvgIpc) is 2.00. The average molecular weight is 159 g/mol. The van der Waals surface area contributed by atoms with E-state index in [2.05, 4.69) is 4.74 Å². The summed E-state index contributed by atoms with van der Waals surface area (Å²) >= 11 is 0. The molecule has 4 nitrogen and oxygen atoms in total. The molecule has 0 aromatic rings. The van der Waals surface area contributed by atoms with Crippen molar-refractivity contribution in [2.75, 3.05) is 6.61 Å². The number of rotatable bonds is 5. The molecule has 2 N–H and O–H groups in total. The normalized spacial score (nSPS) is 12.2. The van der Waals surface area contributed by atoms with Gasteiger partial charge in [-0.3, -0.25) is 4.79 Å². The summed E-state index contributed by atoms with van der Waals surface area (Å²) in [6, 6.07) is -0.653. The number of esters is 1. The van der Waals surface area contributed by atoms with Crippen LogP contribution in [0.15, 0.2) is 0 Å². The molecule has 0 saturated carbocycles. The third-order valence-electron chi connectivity index (χ3n) is 1.18. The Morgan fingerprint density at radius 1 is 1.73 bits per heavy atom. The summed E-state index contributed by atoms with van der Waals surface area (Å²) in [5.74, 6) is -0.436. The van der Waals surface area contributed by atoms with Gasteiger partial charge in [0.2, 0.25) is 0 Å². The Hall–Kier alpha value is -0.900. The van der Waals surface area contributed by atoms with Crippen molar-refractivity contribution in [2.24, 2.45) is 5.73 Å². The fourth-order valence-electron chi connectivity index (χ4n) is 0.615. The lowest BCUT2D eigenvalue weighted by Crippen LogP contribution is -2.32. The van der Waals surface area contributed by atoms with Crippen molar-refractivity contribution in [3.05, 3.63) is 0 Å². The SMILES string of the molecule is CCOC(=O)C(N)CCC=O. The molecule has 0 aliphatic carbocycles. The Balaban J connectivity index is 3.54. The van der Waals surface area contributed by atoms with Gasteiger partial charge in [0.1, 0.15) is 12.3 Å². The van der Waals surface area contributed by atoms with Crippen LogP contribution in [0.2, 0.25) is 0 Å². The van der Waals surface area contributed by atoms with Gasteiger partial charge in [-0.1, -0.05) is 0 Å². The van der Waals surface area contributed by atoms with Crippen LogP contribution in [-0.4, -0.2) is 24.9 Å². The fraction of sp³-hybridized carbons (Fsp3) is 0.714. The molecule has 0 bridgehead atoms. The summed E-state index contributed by atoms with van der Waals surface area (Å²) < 4.78 is 4.62. The summed E-state index contributed by atoms with van der Waals surface area (Å²) in [5.41, 5.74) is 5.36. The molecule has 11 heavy (non-hydrogen) atoms. The molecule has 0 spiro atoms. The van der Waals surface area contributed by atoms with Crippen LogP contribution in [0.5, 0.6) is 0 Å². The maximum atomic E-state index is 10.8. The molecule has 4 heteroatoms. The number of nitrogens with two attached hydrogens (primary N) is 1. The van der Waals surface area contributed by atoms with E-state index in [1.54, 1.807) is 6.92 Å². The van der Waals surface area contributed by atoms with Gasteiger partial charge < -0.3 is 15.3 Å². The molecule has 1 atom stereocenters. The summed E-state index contributed by atoms with van der Waals surface area (Å²) in [4.78, 5) is 20.7. The molecule has 0 aromatic carbocycles. The van der Waals surface area contributed by atoms with Crippen molar-refractivity contribution >= 4 is 12.3 Å². The fourth-order valence-corrected chi connectivity index (χ4v) is 0.615. The van der Waals surface area contributed by atoms with Crippen LogP contribution in [-0.2, 0) is 14.3 Å². The first-order valence-corrected chi connectivity index (χ1v) is 3.58. The minimum absolute atomic E-state index is 0.306. The second-order valence-corrected chi connectivity index (χ2v) is 2.10. The molecule has 0 aliphatic rings. The van der Waals surface area contributed by atoms with Gasteiger partial charge in [-0.15, -0.1) is 0 Å². The van der Waals surface area contributed by atoms with Crippen LogP contribution >= 0.6 is 0 Å². The molecule has 0 rings (SSSR count). The van der Waals surface area contributed by atoms with Gasteiger partial charge in [0.25, 0.3) is 0 Å². The molecule has 0 aromatic heterocycles. The van der Waals surface area contributed by atoms with Crippen molar-refractivity contribution in [3.8, 4) is 0 Å². The number of carbonyl (C=O) groups is 2. The predicted octanol–water partition coefficient (Wildman–Crippen LogP) is -0.144. The number of ether oxygens (including phenoxy) is 1. The van der Waals surface area contributed by atoms with E-state index in [1.807, 2.05) is 0 Å². The molecule has 0 fully saturated rings. The van der Waals surface area contributed by atoms with E-state index in [9.17, 15) is 9.59 Å². The lowest BCUT2D eigenvalue weighted by Gasteiger charge is -2.07. The smallest absolute Gasteiger partial charge is 0.322 e. The first-order valence-electron chi connectivity index (χ1n) is 3.58. The molecular formula is C7H13NO3. The summed E-state index contributed by atoms with van der Waals surface area (Å²) in [6.07, 6.45) is 1.40. The Kier molecular flexibility index (Phi) is 5.37. The zero-order valence-electron chi connectivity index (χ0n) is 6.58. The van der Waals surface area contributed by atoms with Crippen molar-refractivity contribution < 1.29 is 14.3 Å². The highest BCUT2D eigenvalue weighted by atomic mass is 16.5. The van der Waals surface area contributed by atoms with E-state index in [1.165, 1.54) is 0 Å². The van der Waals surface area contributed by atoms with Gasteiger partial charge in [-0.05, 0) is 13.3 Å². The number of hydrogen-bond donors (Lipinski definition) is 1. The minimum atomic E-state index is -0.653. The Bertz CT molecular complexity index is 136. The molecule has 0 heterocycles. The predicted molar refractivity (Wildman–Crippen MR) is 39.9 cm³/mol. The Labute approximate surface area is 65.7 Å². The van der Waals surface area contributed by atoms with Crippen molar-refractivity contribution in [2.45, 2.75) is 25.8 Å². The zero-order valence-corrected chi connectivity index (χ0v) is 6.58. The number of aldehydes is 1.